The molecule has 0 bridgehead atoms. The first-order valence-electron chi connectivity index (χ1n) is 3.50. The van der Waals surface area contributed by atoms with E-state index >= 15 is 0 Å². The molecule has 0 aliphatic rings. The van der Waals surface area contributed by atoms with Gasteiger partial charge in [-0.25, -0.2) is 16.8 Å². The second-order valence-corrected chi connectivity index (χ2v) is 5.69. The molecule has 10 nitrogen and oxygen atoms in total. The van der Waals surface area contributed by atoms with Crippen LogP contribution in [-0.2, 0) is 20.2 Å². The number of aliphatic hydroxyl groups is 4. The van der Waals surface area contributed by atoms with Crippen molar-refractivity contribution in [3.8, 4) is 0 Å². The molecule has 0 aromatic rings. The molecule has 14 heteroatoms. The molecule has 0 aromatic carbocycles. The van der Waals surface area contributed by atoms with Gasteiger partial charge in [0.1, 0.15) is 32.4 Å². The van der Waals surface area contributed by atoms with Crippen LogP contribution in [0.4, 0.5) is 0 Å². The minimum absolute atomic E-state index is 0. The summed E-state index contributed by atoms with van der Waals surface area (Å²) in [5.41, 5.74) is -6.14. The van der Waals surface area contributed by atoms with Crippen molar-refractivity contribution in [3.05, 3.63) is 0 Å². The third kappa shape index (κ3) is 7.44. The smallest absolute Gasteiger partial charge is 0.746 e. The van der Waals surface area contributed by atoms with E-state index in [9.17, 15) is 25.9 Å². The molecular weight excluding hydrogens is 318 g/mol. The van der Waals surface area contributed by atoms with Gasteiger partial charge >= 0.3 is 59.1 Å². The summed E-state index contributed by atoms with van der Waals surface area (Å²) in [5.74, 6) is 0. The molecule has 0 fully saturated rings. The third-order valence-electron chi connectivity index (χ3n) is 1.53. The van der Waals surface area contributed by atoms with Gasteiger partial charge in [0.2, 0.25) is 0 Å². The zero-order valence-corrected chi connectivity index (χ0v) is 15.0. The molecule has 0 aliphatic carbocycles. The monoisotopic (exact) mass is 326 g/mol. The fourth-order valence-electron chi connectivity index (χ4n) is 0.679. The van der Waals surface area contributed by atoms with Crippen LogP contribution in [0.25, 0.3) is 0 Å². The molecule has 18 heavy (non-hydrogen) atoms. The van der Waals surface area contributed by atoms with Crippen LogP contribution in [-0.4, -0.2) is 69.4 Å². The summed E-state index contributed by atoms with van der Waals surface area (Å²) in [6.07, 6.45) is -5.66. The predicted octanol–water partition coefficient (Wildman–Crippen LogP) is -10.6. The van der Waals surface area contributed by atoms with Gasteiger partial charge in [0.25, 0.3) is 0 Å². The van der Waals surface area contributed by atoms with Gasteiger partial charge in [-0.15, -0.1) is 0 Å². The molecule has 0 amide bonds. The Hall–Kier alpha value is 1.66. The minimum atomic E-state index is -5.44. The average Bonchev–Trinajstić information content (AvgIpc) is 2.10. The van der Waals surface area contributed by atoms with Gasteiger partial charge < -0.3 is 29.5 Å². The molecule has 0 rings (SSSR count). The van der Waals surface area contributed by atoms with E-state index < -0.39 is 43.3 Å². The van der Waals surface area contributed by atoms with Gasteiger partial charge in [-0.2, -0.15) is 0 Å². The third-order valence-corrected chi connectivity index (χ3v) is 3.27. The van der Waals surface area contributed by atoms with Crippen LogP contribution < -0.4 is 59.1 Å². The maximum absolute atomic E-state index is 10.2. The number of aliphatic hydroxyl groups excluding tert-OH is 4. The Morgan fingerprint density at radius 2 is 0.833 bits per heavy atom. The van der Waals surface area contributed by atoms with Gasteiger partial charge in [0.05, 0.1) is 0 Å². The summed E-state index contributed by atoms with van der Waals surface area (Å²) in [5, 5.41) is 34.9. The molecule has 4 atom stereocenters. The standard InChI is InChI=1S/C4H10O10S2.2Na/c5-1(3(7)15(9,10)11)2(6)4(8)16(12,13)14;;/h1-8H,(H,9,10,11)(H,12,13,14);;/q;2*+1/p-2. The topological polar surface area (TPSA) is 195 Å². The first-order valence-corrected chi connectivity index (χ1v) is 6.45. The first kappa shape index (κ1) is 24.7. The fraction of sp³-hybridized carbons (Fsp3) is 1.00. The molecule has 0 heterocycles. The number of hydrogen-bond donors (Lipinski definition) is 4. The van der Waals surface area contributed by atoms with Crippen molar-refractivity contribution < 1.29 is 105 Å². The second-order valence-electron chi connectivity index (χ2n) is 2.75. The van der Waals surface area contributed by atoms with Gasteiger partial charge in [-0.05, 0) is 0 Å². The maximum atomic E-state index is 10.2. The van der Waals surface area contributed by atoms with Crippen LogP contribution in [0.15, 0.2) is 0 Å². The van der Waals surface area contributed by atoms with E-state index in [0.29, 0.717) is 0 Å². The van der Waals surface area contributed by atoms with E-state index in [2.05, 4.69) is 0 Å². The zero-order chi connectivity index (χ0) is 13.3. The Labute approximate surface area is 147 Å². The van der Waals surface area contributed by atoms with Crippen LogP contribution in [0.3, 0.4) is 0 Å². The molecule has 0 radical (unpaired) electrons. The van der Waals surface area contributed by atoms with Gasteiger partial charge in [0.15, 0.2) is 10.9 Å². The van der Waals surface area contributed by atoms with Crippen molar-refractivity contribution in [3.63, 3.8) is 0 Å². The average molecular weight is 326 g/mol. The second kappa shape index (κ2) is 8.84. The van der Waals surface area contributed by atoms with E-state index in [1.165, 1.54) is 0 Å². The van der Waals surface area contributed by atoms with Crippen LogP contribution in [0.2, 0.25) is 0 Å². The van der Waals surface area contributed by atoms with Gasteiger partial charge in [-0.3, -0.25) is 0 Å². The molecule has 98 valence electrons. The summed E-state index contributed by atoms with van der Waals surface area (Å²) in [6.45, 7) is 0. The summed E-state index contributed by atoms with van der Waals surface area (Å²) in [6, 6.07) is 0. The molecule has 0 saturated heterocycles. The summed E-state index contributed by atoms with van der Waals surface area (Å²) in [7, 11) is -10.9. The van der Waals surface area contributed by atoms with Crippen LogP contribution >= 0.6 is 0 Å². The van der Waals surface area contributed by atoms with E-state index in [1.807, 2.05) is 0 Å². The Bertz CT molecular complexity index is 389. The normalized spacial score (nSPS) is 18.8. The summed E-state index contributed by atoms with van der Waals surface area (Å²) < 4.78 is 61.0. The van der Waals surface area contributed by atoms with Crippen molar-refractivity contribution in [1.29, 1.82) is 0 Å². The van der Waals surface area contributed by atoms with Crippen molar-refractivity contribution in [2.45, 2.75) is 23.1 Å². The summed E-state index contributed by atoms with van der Waals surface area (Å²) in [4.78, 5) is 0. The number of hydrogen-bond acceptors (Lipinski definition) is 10. The largest absolute Gasteiger partial charge is 1.00 e. The molecule has 4 N–H and O–H groups in total. The minimum Gasteiger partial charge on any atom is -0.746 e. The Balaban J connectivity index is -0.00000112. The maximum Gasteiger partial charge on any atom is 1.00 e. The molecule has 0 aliphatic heterocycles. The molecule has 4 unspecified atom stereocenters. The Morgan fingerprint density at radius 3 is 0.944 bits per heavy atom. The van der Waals surface area contributed by atoms with Gasteiger partial charge in [-0.1, -0.05) is 0 Å². The predicted molar refractivity (Wildman–Crippen MR) is 43.4 cm³/mol. The van der Waals surface area contributed by atoms with Crippen molar-refractivity contribution in [1.82, 2.24) is 0 Å². The van der Waals surface area contributed by atoms with E-state index in [4.69, 9.17) is 20.4 Å². The van der Waals surface area contributed by atoms with Crippen molar-refractivity contribution in [2.75, 3.05) is 0 Å². The quantitative estimate of drug-likeness (QED) is 0.278. The Morgan fingerprint density at radius 1 is 0.667 bits per heavy atom. The molecule has 0 aromatic heterocycles. The van der Waals surface area contributed by atoms with Crippen molar-refractivity contribution in [2.24, 2.45) is 0 Å². The Kier molecular flexibility index (Phi) is 12.1. The fourth-order valence-corrected chi connectivity index (χ4v) is 1.68. The van der Waals surface area contributed by atoms with E-state index in [0.717, 1.165) is 0 Å². The molecule has 0 spiro atoms. The first-order chi connectivity index (χ1) is 6.89. The van der Waals surface area contributed by atoms with Gasteiger partial charge in [0, 0.05) is 0 Å². The van der Waals surface area contributed by atoms with E-state index in [1.54, 1.807) is 0 Å². The van der Waals surface area contributed by atoms with Crippen LogP contribution in [0.1, 0.15) is 0 Å². The zero-order valence-electron chi connectivity index (χ0n) is 9.36. The molecule has 0 saturated carbocycles. The molecular formula is C4H8Na2O10S2. The number of rotatable bonds is 5. The van der Waals surface area contributed by atoms with Crippen LogP contribution in [0, 0.1) is 0 Å². The van der Waals surface area contributed by atoms with E-state index in [-0.39, 0.29) is 59.1 Å². The summed E-state index contributed by atoms with van der Waals surface area (Å²) >= 11 is 0. The van der Waals surface area contributed by atoms with Crippen LogP contribution in [0.5, 0.6) is 0 Å². The van der Waals surface area contributed by atoms with Crippen molar-refractivity contribution >= 4 is 20.2 Å². The SMILES string of the molecule is O=S(=O)([O-])C(O)C(O)C(O)C(O)S(=O)(=O)[O-].[Na+].[Na+].